The van der Waals surface area contributed by atoms with E-state index in [0.717, 1.165) is 72.3 Å². The van der Waals surface area contributed by atoms with Crippen molar-refractivity contribution in [2.45, 2.75) is 95.2 Å². The molecule has 62 heavy (non-hydrogen) atoms. The van der Waals surface area contributed by atoms with E-state index < -0.39 is 23.4 Å². The van der Waals surface area contributed by atoms with Gasteiger partial charge in [0, 0.05) is 87.3 Å². The maximum absolute atomic E-state index is 15.5. The number of hydrogen-bond donors (Lipinski definition) is 3. The van der Waals surface area contributed by atoms with Crippen LogP contribution in [0.5, 0.6) is 0 Å². The minimum atomic E-state index is -2.35. The average Bonchev–Trinajstić information content (AvgIpc) is 4.07. The number of carbonyl (C=O) groups is 5. The van der Waals surface area contributed by atoms with E-state index in [1.54, 1.807) is 24.1 Å². The molecular formula is C47H51Cl2FN5O6Y-. The fourth-order valence-electron chi connectivity index (χ4n) is 8.03. The smallest absolute Gasteiger partial charge is 0.268 e. The number of hydrogen-bond acceptors (Lipinski definition) is 7. The molecule has 4 aromatic carbocycles. The predicted molar refractivity (Wildman–Crippen MR) is 237 cm³/mol. The monoisotopic (exact) mass is 959 g/mol. The standard InChI is InChI=1S/C23H25ClN3O3.C22H20ClFN2O3.C2H6.Y/c1-25-14-13-23(11-12-23)27(30)16-7-5-15(6-8-16)17-3-2-4-18(21(17)24)19-9-10-20(28)26-22(19)29;23-20-16(4-3-5-17(20)22(24)12-11-18(27)25-21(22)29)14-7-9-15(10-8-14)26-13-2-1-6-19(26)28;1-2;/h2-8,19,30H,9-14H2,1H3,(H,26,28,29);3-5,7-10H,1-2,6,11-13H2,(H,25,27,29);1-2H3;/q-1;;;. The molecule has 3 saturated heterocycles. The molecule has 3 heterocycles. The quantitative estimate of drug-likeness (QED) is 0.106. The topological polar surface area (TPSA) is 150 Å². The van der Waals surface area contributed by atoms with Gasteiger partial charge < -0.3 is 10.2 Å². The third-order valence-corrected chi connectivity index (χ3v) is 12.5. The summed E-state index contributed by atoms with van der Waals surface area (Å²) in [6, 6.07) is 25.5. The fourth-order valence-corrected chi connectivity index (χ4v) is 8.78. The van der Waals surface area contributed by atoms with Crippen LogP contribution >= 0.6 is 23.2 Å². The Morgan fingerprint density at radius 2 is 1.40 bits per heavy atom. The van der Waals surface area contributed by atoms with Crippen molar-refractivity contribution in [3.8, 4) is 22.3 Å². The Kier molecular flexibility index (Phi) is 17.0. The van der Waals surface area contributed by atoms with Gasteiger partial charge >= 0.3 is 0 Å². The molecule has 8 rings (SSSR count). The van der Waals surface area contributed by atoms with Crippen molar-refractivity contribution in [2.75, 3.05) is 30.1 Å². The second-order valence-electron chi connectivity index (χ2n) is 15.5. The van der Waals surface area contributed by atoms with Gasteiger partial charge in [0.1, 0.15) is 0 Å². The third-order valence-electron chi connectivity index (χ3n) is 11.7. The zero-order valence-electron chi connectivity index (χ0n) is 35.2. The second kappa shape index (κ2) is 21.6. The van der Waals surface area contributed by atoms with E-state index in [4.69, 9.17) is 23.2 Å². The Morgan fingerprint density at radius 3 is 2.00 bits per heavy atom. The molecule has 15 heteroatoms. The molecule has 4 aromatic rings. The van der Waals surface area contributed by atoms with Crippen LogP contribution in [0.3, 0.4) is 0 Å². The molecule has 11 nitrogen and oxygen atoms in total. The number of nitrogens with one attached hydrogen (secondary N) is 2. The molecule has 2 unspecified atom stereocenters. The molecule has 1 radical (unpaired) electrons. The summed E-state index contributed by atoms with van der Waals surface area (Å²) >= 11 is 13.2. The van der Waals surface area contributed by atoms with Crippen molar-refractivity contribution in [3.05, 3.63) is 111 Å². The number of anilines is 2. The van der Waals surface area contributed by atoms with E-state index in [2.05, 4.69) is 16.0 Å². The van der Waals surface area contributed by atoms with Crippen LogP contribution in [0.25, 0.3) is 27.6 Å². The number of rotatable bonds is 10. The molecule has 5 amide bonds. The number of amides is 5. The predicted octanol–water partition coefficient (Wildman–Crippen LogP) is 9.80. The van der Waals surface area contributed by atoms with Crippen LogP contribution in [-0.4, -0.2) is 60.4 Å². The number of benzene rings is 4. The molecular weight excluding hydrogens is 909 g/mol. The summed E-state index contributed by atoms with van der Waals surface area (Å²) in [6.45, 7) is 5.44. The number of alkyl halides is 1. The van der Waals surface area contributed by atoms with E-state index in [1.807, 2.05) is 80.6 Å². The van der Waals surface area contributed by atoms with Gasteiger partial charge in [-0.15, -0.1) is 6.54 Å². The van der Waals surface area contributed by atoms with Gasteiger partial charge in [-0.2, -0.15) is 7.05 Å². The van der Waals surface area contributed by atoms with E-state index in [9.17, 15) is 29.2 Å². The minimum absolute atomic E-state index is 0. The number of imide groups is 2. The summed E-state index contributed by atoms with van der Waals surface area (Å²) in [4.78, 5) is 61.2. The van der Waals surface area contributed by atoms with Crippen LogP contribution in [-0.2, 0) is 62.4 Å². The number of piperidine rings is 3. The number of carbonyl (C=O) groups excluding carboxylic acids is 5. The van der Waals surface area contributed by atoms with Crippen LogP contribution in [0.4, 0.5) is 15.8 Å². The first-order valence-electron chi connectivity index (χ1n) is 20.9. The molecule has 4 aliphatic rings. The van der Waals surface area contributed by atoms with Gasteiger partial charge in [-0.05, 0) is 79.5 Å². The van der Waals surface area contributed by atoms with Gasteiger partial charge in [0.15, 0.2) is 0 Å². The van der Waals surface area contributed by atoms with Crippen molar-refractivity contribution in [3.63, 3.8) is 0 Å². The van der Waals surface area contributed by atoms with Crippen LogP contribution in [0.2, 0.25) is 10.0 Å². The van der Waals surface area contributed by atoms with Gasteiger partial charge in [-0.1, -0.05) is 97.7 Å². The van der Waals surface area contributed by atoms with Crippen molar-refractivity contribution >= 4 is 64.1 Å². The first kappa shape index (κ1) is 49.0. The van der Waals surface area contributed by atoms with Crippen LogP contribution in [0.1, 0.15) is 95.1 Å². The molecule has 325 valence electrons. The van der Waals surface area contributed by atoms with E-state index in [-0.39, 0.29) is 79.4 Å². The molecule has 3 aliphatic heterocycles. The van der Waals surface area contributed by atoms with Crippen LogP contribution in [0.15, 0.2) is 84.9 Å². The van der Waals surface area contributed by atoms with Gasteiger partial charge in [0.05, 0.1) is 27.2 Å². The molecule has 0 bridgehead atoms. The van der Waals surface area contributed by atoms with Crippen molar-refractivity contribution < 1.29 is 66.3 Å². The molecule has 0 spiro atoms. The molecule has 1 saturated carbocycles. The number of nitrogens with zero attached hydrogens (tertiary/aromatic N) is 3. The van der Waals surface area contributed by atoms with E-state index >= 15 is 4.39 Å². The Bertz CT molecular complexity index is 2280. The normalized spacial score (nSPS) is 20.3. The zero-order chi connectivity index (χ0) is 43.9. The van der Waals surface area contributed by atoms with Gasteiger partial charge in [0.2, 0.25) is 29.3 Å². The average molecular weight is 961 g/mol. The molecule has 3 N–H and O–H groups in total. The third kappa shape index (κ3) is 10.7. The molecule has 0 aromatic heterocycles. The van der Waals surface area contributed by atoms with Gasteiger partial charge in [-0.25, -0.2) is 4.39 Å². The summed E-state index contributed by atoms with van der Waals surface area (Å²) in [7, 11) is 1.79. The summed E-state index contributed by atoms with van der Waals surface area (Å²) in [5.41, 5.74) is 2.85. The van der Waals surface area contributed by atoms with Crippen molar-refractivity contribution in [1.29, 1.82) is 0 Å². The number of hydroxylamine groups is 1. The second-order valence-corrected chi connectivity index (χ2v) is 16.2. The number of halogens is 3. The Balaban J connectivity index is 0.000000222. The van der Waals surface area contributed by atoms with Crippen molar-refractivity contribution in [1.82, 2.24) is 10.6 Å². The van der Waals surface area contributed by atoms with Crippen LogP contribution in [0, 0.1) is 0 Å². The van der Waals surface area contributed by atoms with Crippen molar-refractivity contribution in [2.24, 2.45) is 0 Å². The Morgan fingerprint density at radius 1 is 0.790 bits per heavy atom. The summed E-state index contributed by atoms with van der Waals surface area (Å²) in [5.74, 6) is -2.33. The maximum atomic E-state index is 15.5. The van der Waals surface area contributed by atoms with E-state index in [0.29, 0.717) is 36.4 Å². The van der Waals surface area contributed by atoms with Gasteiger partial charge in [0.25, 0.3) is 5.91 Å². The summed E-state index contributed by atoms with van der Waals surface area (Å²) in [6.07, 6.45) is 5.65. The first-order chi connectivity index (χ1) is 29.3. The largest absolute Gasteiger partial charge is 0.665 e. The molecule has 4 fully saturated rings. The van der Waals surface area contributed by atoms with E-state index in [1.165, 1.54) is 11.1 Å². The molecule has 2 atom stereocenters. The summed E-state index contributed by atoms with van der Waals surface area (Å²) in [5, 5.41) is 21.4. The summed E-state index contributed by atoms with van der Waals surface area (Å²) < 4.78 is 15.5. The SMILES string of the molecule is CC.C[N-]CCC1(N(O)c2ccc(-c3cccc(C4CCC(=O)NC4=O)c3Cl)cc2)CC1.O=C1CCC(F)(c2cccc(-c3ccc(N4CCCCC4=O)cc3)c2Cl)C(=O)N1.[Y]. The Hall–Kier alpha value is -4.04. The first-order valence-corrected chi connectivity index (χ1v) is 21.6. The minimum Gasteiger partial charge on any atom is -0.665 e. The van der Waals surface area contributed by atoms with Crippen LogP contribution < -0.4 is 20.6 Å². The molecule has 1 aliphatic carbocycles. The van der Waals surface area contributed by atoms with Gasteiger partial charge in [-0.3, -0.25) is 44.9 Å². The Labute approximate surface area is 397 Å². The fraction of sp³-hybridized carbons (Fsp3) is 0.383. The maximum Gasteiger partial charge on any atom is 0.268 e. The zero-order valence-corrected chi connectivity index (χ0v) is 39.5.